The van der Waals surface area contributed by atoms with Crippen LogP contribution in [0.4, 0.5) is 5.82 Å². The van der Waals surface area contributed by atoms with Crippen molar-refractivity contribution < 1.29 is 13.2 Å². The van der Waals surface area contributed by atoms with Gasteiger partial charge in [0.25, 0.3) is 0 Å². The molecule has 3 heterocycles. The van der Waals surface area contributed by atoms with E-state index in [1.807, 2.05) is 17.0 Å². The first kappa shape index (κ1) is 22.5. The normalized spacial score (nSPS) is 18.4. The largest absolute Gasteiger partial charge is 0.353 e. The molecule has 2 saturated heterocycles. The molecule has 10 heteroatoms. The predicted molar refractivity (Wildman–Crippen MR) is 121 cm³/mol. The second-order valence-electron chi connectivity index (χ2n) is 7.96. The van der Waals surface area contributed by atoms with Crippen LogP contribution in [0.5, 0.6) is 0 Å². The van der Waals surface area contributed by atoms with Crippen molar-refractivity contribution in [1.82, 2.24) is 14.2 Å². The van der Waals surface area contributed by atoms with Gasteiger partial charge in [0.2, 0.25) is 15.9 Å². The van der Waals surface area contributed by atoms with Crippen LogP contribution in [0, 0.1) is 17.2 Å². The fourth-order valence-electron chi connectivity index (χ4n) is 4.16. The van der Waals surface area contributed by atoms with E-state index in [9.17, 15) is 13.2 Å². The Bertz CT molecular complexity index is 1100. The van der Waals surface area contributed by atoms with Crippen LogP contribution in [0.1, 0.15) is 18.4 Å². The average Bonchev–Trinajstić information content (AvgIpc) is 2.84. The lowest BCUT2D eigenvalue weighted by molar-refractivity contribution is -0.137. The van der Waals surface area contributed by atoms with Crippen LogP contribution in [0.2, 0.25) is 5.02 Å². The van der Waals surface area contributed by atoms with Gasteiger partial charge >= 0.3 is 0 Å². The van der Waals surface area contributed by atoms with Gasteiger partial charge in [-0.1, -0.05) is 11.6 Å². The van der Waals surface area contributed by atoms with E-state index in [1.54, 1.807) is 12.3 Å². The average molecular weight is 474 g/mol. The lowest BCUT2D eigenvalue weighted by Crippen LogP contribution is -2.52. The van der Waals surface area contributed by atoms with E-state index < -0.39 is 10.0 Å². The molecule has 0 unspecified atom stereocenters. The van der Waals surface area contributed by atoms with Crippen molar-refractivity contribution in [3.05, 3.63) is 53.2 Å². The molecule has 1 aromatic carbocycles. The topological polar surface area (TPSA) is 97.6 Å². The van der Waals surface area contributed by atoms with Crippen LogP contribution in [-0.2, 0) is 14.8 Å². The molecule has 0 atom stereocenters. The Balaban J connectivity index is 1.31. The number of sulfonamides is 1. The third-order valence-corrected chi connectivity index (χ3v) is 8.19. The van der Waals surface area contributed by atoms with E-state index >= 15 is 0 Å². The summed E-state index contributed by atoms with van der Waals surface area (Å²) < 4.78 is 27.2. The number of piperazine rings is 1. The number of rotatable bonds is 4. The molecule has 168 valence electrons. The Morgan fingerprint density at radius 3 is 2.22 bits per heavy atom. The molecule has 2 aromatic rings. The summed E-state index contributed by atoms with van der Waals surface area (Å²) in [5.41, 5.74) is 0.417. The number of aromatic nitrogens is 1. The van der Waals surface area contributed by atoms with Gasteiger partial charge in [0.1, 0.15) is 5.82 Å². The summed E-state index contributed by atoms with van der Waals surface area (Å²) in [4.78, 5) is 21.5. The quantitative estimate of drug-likeness (QED) is 0.676. The van der Waals surface area contributed by atoms with Gasteiger partial charge in [-0.25, -0.2) is 13.4 Å². The standard InChI is InChI=1S/C22H24ClN5O3S/c23-19-3-6-21(25-16-19)26-11-13-27(14-12-26)22(29)18-7-9-28(10-8-18)32(30,31)20-4-1-17(15-24)2-5-20/h1-6,16,18H,7-14H2. The number of carbonyl (C=O) groups excluding carboxylic acids is 1. The number of nitrogens with zero attached hydrogens (tertiary/aromatic N) is 5. The number of pyridine rings is 1. The maximum absolute atomic E-state index is 13.0. The number of anilines is 1. The van der Waals surface area contributed by atoms with Crippen molar-refractivity contribution in [2.75, 3.05) is 44.2 Å². The molecule has 0 N–H and O–H groups in total. The molecule has 0 spiro atoms. The number of amides is 1. The molecule has 2 aliphatic rings. The zero-order valence-electron chi connectivity index (χ0n) is 17.5. The lowest BCUT2D eigenvalue weighted by atomic mass is 9.96. The number of carbonyl (C=O) groups is 1. The summed E-state index contributed by atoms with van der Waals surface area (Å²) in [5.74, 6) is 0.787. The second-order valence-corrected chi connectivity index (χ2v) is 10.3. The summed E-state index contributed by atoms with van der Waals surface area (Å²) in [5, 5.41) is 9.49. The highest BCUT2D eigenvalue weighted by Crippen LogP contribution is 2.26. The summed E-state index contributed by atoms with van der Waals surface area (Å²) in [6.45, 7) is 3.26. The highest BCUT2D eigenvalue weighted by Gasteiger charge is 2.34. The molecule has 0 bridgehead atoms. The highest BCUT2D eigenvalue weighted by molar-refractivity contribution is 7.89. The minimum Gasteiger partial charge on any atom is -0.353 e. The molecule has 1 aromatic heterocycles. The molecule has 2 aliphatic heterocycles. The number of hydrogen-bond donors (Lipinski definition) is 0. The van der Waals surface area contributed by atoms with Crippen molar-refractivity contribution in [1.29, 1.82) is 5.26 Å². The molecule has 0 saturated carbocycles. The first-order chi connectivity index (χ1) is 15.4. The van der Waals surface area contributed by atoms with Gasteiger partial charge in [-0.05, 0) is 49.2 Å². The van der Waals surface area contributed by atoms with Crippen molar-refractivity contribution >= 4 is 33.3 Å². The highest BCUT2D eigenvalue weighted by atomic mass is 35.5. The molecule has 0 radical (unpaired) electrons. The fourth-order valence-corrected chi connectivity index (χ4v) is 5.74. The van der Waals surface area contributed by atoms with Crippen LogP contribution in [-0.4, -0.2) is 67.8 Å². The Hall–Kier alpha value is -2.67. The SMILES string of the molecule is N#Cc1ccc(S(=O)(=O)N2CCC(C(=O)N3CCN(c4ccc(Cl)cn4)CC3)CC2)cc1. The third kappa shape index (κ3) is 4.72. The smallest absolute Gasteiger partial charge is 0.243 e. The summed E-state index contributed by atoms with van der Waals surface area (Å²) >= 11 is 5.90. The van der Waals surface area contributed by atoms with E-state index in [4.69, 9.17) is 16.9 Å². The maximum atomic E-state index is 13.0. The van der Waals surface area contributed by atoms with E-state index in [0.717, 1.165) is 5.82 Å². The maximum Gasteiger partial charge on any atom is 0.243 e. The molecule has 2 fully saturated rings. The minimum atomic E-state index is -3.63. The van der Waals surface area contributed by atoms with E-state index in [0.29, 0.717) is 62.7 Å². The monoisotopic (exact) mass is 473 g/mol. The van der Waals surface area contributed by atoms with Crippen LogP contribution in [0.15, 0.2) is 47.5 Å². The Morgan fingerprint density at radius 2 is 1.66 bits per heavy atom. The van der Waals surface area contributed by atoms with Crippen molar-refractivity contribution in [3.8, 4) is 6.07 Å². The van der Waals surface area contributed by atoms with Crippen molar-refractivity contribution in [2.24, 2.45) is 5.92 Å². The van der Waals surface area contributed by atoms with Crippen molar-refractivity contribution in [2.45, 2.75) is 17.7 Å². The Labute approximate surface area is 193 Å². The molecular formula is C22H24ClN5O3S. The second kappa shape index (κ2) is 9.45. The predicted octanol–water partition coefficient (Wildman–Crippen LogP) is 2.36. The van der Waals surface area contributed by atoms with Crippen LogP contribution < -0.4 is 4.90 Å². The minimum absolute atomic E-state index is 0.101. The van der Waals surface area contributed by atoms with Gasteiger partial charge < -0.3 is 9.80 Å². The first-order valence-corrected chi connectivity index (χ1v) is 12.4. The molecule has 1 amide bonds. The van der Waals surface area contributed by atoms with Gasteiger partial charge in [-0.2, -0.15) is 9.57 Å². The van der Waals surface area contributed by atoms with Gasteiger partial charge in [0.15, 0.2) is 0 Å². The molecule has 0 aliphatic carbocycles. The number of hydrogen-bond acceptors (Lipinski definition) is 6. The van der Waals surface area contributed by atoms with Gasteiger partial charge in [-0.3, -0.25) is 4.79 Å². The number of nitriles is 1. The number of halogens is 1. The van der Waals surface area contributed by atoms with Crippen LogP contribution in [0.25, 0.3) is 0 Å². The Kier molecular flexibility index (Phi) is 6.65. The lowest BCUT2D eigenvalue weighted by Gasteiger charge is -2.38. The van der Waals surface area contributed by atoms with E-state index in [2.05, 4.69) is 9.88 Å². The van der Waals surface area contributed by atoms with Crippen LogP contribution in [0.3, 0.4) is 0 Å². The zero-order valence-corrected chi connectivity index (χ0v) is 19.1. The van der Waals surface area contributed by atoms with Crippen LogP contribution >= 0.6 is 11.6 Å². The fraction of sp³-hybridized carbons (Fsp3) is 0.409. The third-order valence-electron chi connectivity index (χ3n) is 6.05. The summed E-state index contributed by atoms with van der Waals surface area (Å²) in [6, 6.07) is 11.6. The Morgan fingerprint density at radius 1 is 1.00 bits per heavy atom. The van der Waals surface area contributed by atoms with E-state index in [-0.39, 0.29) is 16.7 Å². The summed E-state index contributed by atoms with van der Waals surface area (Å²) in [6.07, 6.45) is 2.63. The van der Waals surface area contributed by atoms with Gasteiger partial charge in [0, 0.05) is 51.4 Å². The molecule has 8 nitrogen and oxygen atoms in total. The molecular weight excluding hydrogens is 450 g/mol. The molecule has 4 rings (SSSR count). The van der Waals surface area contributed by atoms with Gasteiger partial charge in [-0.15, -0.1) is 0 Å². The molecule has 32 heavy (non-hydrogen) atoms. The summed E-state index contributed by atoms with van der Waals surface area (Å²) in [7, 11) is -3.63. The zero-order chi connectivity index (χ0) is 22.7. The number of benzene rings is 1. The first-order valence-electron chi connectivity index (χ1n) is 10.5. The van der Waals surface area contributed by atoms with Crippen molar-refractivity contribution in [3.63, 3.8) is 0 Å². The number of piperidine rings is 1. The van der Waals surface area contributed by atoms with Gasteiger partial charge in [0.05, 0.1) is 21.6 Å². The van der Waals surface area contributed by atoms with E-state index in [1.165, 1.54) is 28.6 Å².